The van der Waals surface area contributed by atoms with Crippen LogP contribution >= 0.6 is 0 Å². The van der Waals surface area contributed by atoms with E-state index in [2.05, 4.69) is 5.10 Å². The lowest BCUT2D eigenvalue weighted by molar-refractivity contribution is -0.0197. The van der Waals surface area contributed by atoms with Gasteiger partial charge in [0.25, 0.3) is 0 Å². The van der Waals surface area contributed by atoms with Gasteiger partial charge in [-0.25, -0.2) is 23.0 Å². The minimum atomic E-state index is -0.695. The maximum atomic E-state index is 13.6. The molecule has 2 aromatic rings. The van der Waals surface area contributed by atoms with Crippen molar-refractivity contribution in [2.24, 2.45) is 5.10 Å². The minimum absolute atomic E-state index is 0.224. The molecule has 4 rings (SSSR count). The van der Waals surface area contributed by atoms with Gasteiger partial charge in [0.2, 0.25) is 0 Å². The summed E-state index contributed by atoms with van der Waals surface area (Å²) in [4.78, 5) is 14.5. The maximum Gasteiger partial charge on any atom is 0.341 e. The molecule has 2 aromatic carbocycles. The third kappa shape index (κ3) is 3.42. The number of hydrogen-bond donors (Lipinski definition) is 0. The van der Waals surface area contributed by atoms with Crippen LogP contribution in [-0.4, -0.2) is 40.8 Å². The lowest BCUT2D eigenvalue weighted by Crippen LogP contribution is -2.64. The molecular formula is C20H18F3N3O2. The highest BCUT2D eigenvalue weighted by atomic mass is 19.1. The number of carbonyl (C=O) groups excluding carboxylic acids is 1. The van der Waals surface area contributed by atoms with E-state index in [0.717, 1.165) is 6.07 Å². The van der Waals surface area contributed by atoms with Crippen LogP contribution in [0.2, 0.25) is 0 Å². The van der Waals surface area contributed by atoms with Crippen molar-refractivity contribution in [3.8, 4) is 5.75 Å². The highest BCUT2D eigenvalue weighted by Gasteiger charge is 2.44. The van der Waals surface area contributed by atoms with Gasteiger partial charge in [-0.1, -0.05) is 0 Å². The molecule has 8 heteroatoms. The van der Waals surface area contributed by atoms with Crippen LogP contribution in [0.15, 0.2) is 47.6 Å². The normalized spacial score (nSPS) is 23.6. The molecule has 2 aliphatic rings. The van der Waals surface area contributed by atoms with Crippen LogP contribution < -0.4 is 4.74 Å². The number of hydrogen-bond acceptors (Lipinski definition) is 3. The number of hydrazone groups is 1. The summed E-state index contributed by atoms with van der Waals surface area (Å²) < 4.78 is 45.9. The Hall–Kier alpha value is -3.03. The first-order valence-corrected chi connectivity index (χ1v) is 8.93. The Bertz CT molecular complexity index is 899. The first-order valence-electron chi connectivity index (χ1n) is 8.93. The van der Waals surface area contributed by atoms with E-state index in [4.69, 9.17) is 4.74 Å². The second-order valence-corrected chi connectivity index (χ2v) is 6.88. The zero-order valence-electron chi connectivity index (χ0n) is 15.1. The largest absolute Gasteiger partial charge is 0.486 e. The highest BCUT2D eigenvalue weighted by Crippen LogP contribution is 2.33. The van der Waals surface area contributed by atoms with Gasteiger partial charge in [0, 0.05) is 18.7 Å². The van der Waals surface area contributed by atoms with Gasteiger partial charge < -0.3 is 9.64 Å². The quantitative estimate of drug-likeness (QED) is 0.793. The summed E-state index contributed by atoms with van der Waals surface area (Å²) in [7, 11) is 0. The van der Waals surface area contributed by atoms with Crippen LogP contribution in [0.3, 0.4) is 0 Å². The van der Waals surface area contributed by atoms with E-state index in [1.54, 1.807) is 11.1 Å². The fourth-order valence-corrected chi connectivity index (χ4v) is 3.43. The Balaban J connectivity index is 1.43. The average Bonchev–Trinajstić information content (AvgIpc) is 3.14. The molecule has 1 fully saturated rings. The molecule has 0 radical (unpaired) electrons. The summed E-state index contributed by atoms with van der Waals surface area (Å²) in [6, 6.07) is 7.77. The zero-order chi connectivity index (χ0) is 19.8. The van der Waals surface area contributed by atoms with Crippen LogP contribution in [0.5, 0.6) is 5.75 Å². The maximum absolute atomic E-state index is 13.6. The number of ether oxygens (including phenoxy) is 1. The lowest BCUT2D eigenvalue weighted by Gasteiger charge is -2.46. The average molecular weight is 389 g/mol. The second-order valence-electron chi connectivity index (χ2n) is 6.88. The van der Waals surface area contributed by atoms with Crippen molar-refractivity contribution < 1.29 is 22.7 Å². The number of carbonyl (C=O) groups is 1. The van der Waals surface area contributed by atoms with E-state index in [-0.39, 0.29) is 24.0 Å². The number of nitrogens with zero attached hydrogens (tertiary/aromatic N) is 3. The fraction of sp³-hybridized carbons (Fsp3) is 0.300. The Morgan fingerprint density at radius 3 is 2.39 bits per heavy atom. The summed E-state index contributed by atoms with van der Waals surface area (Å²) in [5, 5.41) is 5.35. The van der Waals surface area contributed by atoms with Crippen molar-refractivity contribution in [2.75, 3.05) is 6.54 Å². The Morgan fingerprint density at radius 2 is 1.75 bits per heavy atom. The van der Waals surface area contributed by atoms with Gasteiger partial charge in [0.1, 0.15) is 29.3 Å². The molecule has 146 valence electrons. The van der Waals surface area contributed by atoms with E-state index < -0.39 is 17.7 Å². The van der Waals surface area contributed by atoms with E-state index in [1.165, 1.54) is 41.4 Å². The molecule has 28 heavy (non-hydrogen) atoms. The molecule has 2 aliphatic heterocycles. The van der Waals surface area contributed by atoms with Crippen molar-refractivity contribution in [3.63, 3.8) is 0 Å². The minimum Gasteiger partial charge on any atom is -0.486 e. The standard InChI is InChI=1S/C20H18F3N3O2/c1-12-19(28-17-4-2-14(21)3-5-17)11-25(12)20(27)26-18(6-7-24-26)13-8-15(22)10-16(23)9-13/h2-5,7-10,12,18-19H,6,11H2,1H3/t12-,18+,19-/m1/s1. The van der Waals surface area contributed by atoms with Crippen LogP contribution in [0, 0.1) is 17.5 Å². The number of amides is 2. The first-order chi connectivity index (χ1) is 13.4. The van der Waals surface area contributed by atoms with Gasteiger partial charge in [-0.15, -0.1) is 0 Å². The molecule has 0 bridgehead atoms. The predicted octanol–water partition coefficient (Wildman–Crippen LogP) is 4.11. The Kier molecular flexibility index (Phi) is 4.70. The van der Waals surface area contributed by atoms with Crippen LogP contribution in [0.1, 0.15) is 24.9 Å². The molecular weight excluding hydrogens is 371 g/mol. The first kappa shape index (κ1) is 18.3. The van der Waals surface area contributed by atoms with Crippen molar-refractivity contribution in [1.82, 2.24) is 9.91 Å². The third-order valence-corrected chi connectivity index (χ3v) is 5.05. The van der Waals surface area contributed by atoms with Crippen molar-refractivity contribution in [2.45, 2.75) is 31.5 Å². The number of urea groups is 1. The summed E-state index contributed by atoms with van der Waals surface area (Å²) in [5.41, 5.74) is 0.357. The van der Waals surface area contributed by atoms with Crippen molar-refractivity contribution in [1.29, 1.82) is 0 Å². The van der Waals surface area contributed by atoms with E-state index >= 15 is 0 Å². The Morgan fingerprint density at radius 1 is 1.07 bits per heavy atom. The van der Waals surface area contributed by atoms with Gasteiger partial charge in [0.15, 0.2) is 0 Å². The lowest BCUT2D eigenvalue weighted by atomic mass is 10.0. The van der Waals surface area contributed by atoms with Crippen molar-refractivity contribution >= 4 is 12.2 Å². The Labute approximate surface area is 160 Å². The second kappa shape index (κ2) is 7.18. The molecule has 2 heterocycles. The SMILES string of the molecule is C[C@@H]1[C@H](Oc2ccc(F)cc2)CN1C(=O)N1N=CC[C@H]1c1cc(F)cc(F)c1. The number of rotatable bonds is 3. The highest BCUT2D eigenvalue weighted by molar-refractivity contribution is 5.79. The smallest absolute Gasteiger partial charge is 0.341 e. The molecule has 0 aromatic heterocycles. The summed E-state index contributed by atoms with van der Waals surface area (Å²) >= 11 is 0. The third-order valence-electron chi connectivity index (χ3n) is 5.05. The van der Waals surface area contributed by atoms with Crippen LogP contribution in [-0.2, 0) is 0 Å². The predicted molar refractivity (Wildman–Crippen MR) is 96.4 cm³/mol. The molecule has 0 spiro atoms. The van der Waals surface area contributed by atoms with Gasteiger partial charge >= 0.3 is 6.03 Å². The molecule has 0 N–H and O–H groups in total. The summed E-state index contributed by atoms with van der Waals surface area (Å²) in [5.74, 6) is -1.21. The molecule has 1 saturated heterocycles. The summed E-state index contributed by atoms with van der Waals surface area (Å²) in [6.45, 7) is 2.18. The number of benzene rings is 2. The van der Waals surface area contributed by atoms with Gasteiger partial charge in [-0.2, -0.15) is 5.10 Å². The topological polar surface area (TPSA) is 45.1 Å². The summed E-state index contributed by atoms with van der Waals surface area (Å²) in [6.07, 6.45) is 1.71. The molecule has 5 nitrogen and oxygen atoms in total. The molecule has 0 aliphatic carbocycles. The van der Waals surface area contributed by atoms with Crippen LogP contribution in [0.25, 0.3) is 0 Å². The van der Waals surface area contributed by atoms with Crippen LogP contribution in [0.4, 0.5) is 18.0 Å². The monoisotopic (exact) mass is 389 g/mol. The fourth-order valence-electron chi connectivity index (χ4n) is 3.43. The molecule has 0 unspecified atom stereocenters. The number of halogens is 3. The number of likely N-dealkylation sites (tertiary alicyclic amines) is 1. The zero-order valence-corrected chi connectivity index (χ0v) is 15.1. The van der Waals surface area contributed by atoms with E-state index in [0.29, 0.717) is 24.3 Å². The molecule has 3 atom stereocenters. The molecule has 0 saturated carbocycles. The van der Waals surface area contributed by atoms with Gasteiger partial charge in [-0.05, 0) is 48.9 Å². The molecule has 2 amide bonds. The van der Waals surface area contributed by atoms with Crippen molar-refractivity contribution in [3.05, 3.63) is 65.5 Å². The van der Waals surface area contributed by atoms with Gasteiger partial charge in [0.05, 0.1) is 18.6 Å². The van der Waals surface area contributed by atoms with E-state index in [1.807, 2.05) is 6.92 Å². The van der Waals surface area contributed by atoms with Gasteiger partial charge in [-0.3, -0.25) is 0 Å². The van der Waals surface area contributed by atoms with E-state index in [9.17, 15) is 18.0 Å².